The molecular formula is C15H14ClNO3. The second-order valence-electron chi connectivity index (χ2n) is 4.40. The first-order valence-corrected chi connectivity index (χ1v) is 5.95. The number of carbonyl (C=O) groups is 1. The minimum absolute atomic E-state index is 0. The van der Waals surface area contributed by atoms with E-state index in [1.807, 2.05) is 36.4 Å². The Morgan fingerprint density at radius 3 is 2.65 bits per heavy atom. The Kier molecular flexibility index (Phi) is 3.86. The van der Waals surface area contributed by atoms with Crippen LogP contribution in [0, 0.1) is 0 Å². The predicted molar refractivity (Wildman–Crippen MR) is 80.4 cm³/mol. The predicted octanol–water partition coefficient (Wildman–Crippen LogP) is 3.04. The summed E-state index contributed by atoms with van der Waals surface area (Å²) in [4.78, 5) is 11.1. The molecule has 20 heavy (non-hydrogen) atoms. The fourth-order valence-corrected chi connectivity index (χ4v) is 2.31. The van der Waals surface area contributed by atoms with E-state index >= 15 is 0 Å². The van der Waals surface area contributed by atoms with Crippen molar-refractivity contribution >= 4 is 40.3 Å². The van der Waals surface area contributed by atoms with Crippen LogP contribution >= 0.6 is 12.4 Å². The summed E-state index contributed by atoms with van der Waals surface area (Å²) in [6.45, 7) is 0. The molecule has 0 aliphatic heterocycles. The third kappa shape index (κ3) is 2.30. The zero-order valence-electron chi connectivity index (χ0n) is 10.9. The lowest BCUT2D eigenvalue weighted by atomic mass is 10.1. The molecule has 0 unspecified atom stereocenters. The van der Waals surface area contributed by atoms with Crippen LogP contribution in [0.15, 0.2) is 40.8 Å². The Balaban J connectivity index is 0.00000147. The number of benzene rings is 2. The molecule has 1 amide bonds. The summed E-state index contributed by atoms with van der Waals surface area (Å²) >= 11 is 0. The molecule has 0 fully saturated rings. The van der Waals surface area contributed by atoms with Gasteiger partial charge < -0.3 is 14.9 Å². The van der Waals surface area contributed by atoms with Crippen LogP contribution < -0.4 is 10.5 Å². The average Bonchev–Trinajstić information content (AvgIpc) is 2.74. The number of para-hydroxylation sites is 1. The fraction of sp³-hybridized carbons (Fsp3) is 0.133. The molecule has 4 nitrogen and oxygen atoms in total. The number of hydrogen-bond donors (Lipinski definition) is 1. The van der Waals surface area contributed by atoms with Crippen molar-refractivity contribution in [3.05, 3.63) is 42.0 Å². The largest absolute Gasteiger partial charge is 0.496 e. The molecule has 2 aromatic carbocycles. The number of carbonyl (C=O) groups excluding carboxylic acids is 1. The average molecular weight is 292 g/mol. The topological polar surface area (TPSA) is 65.5 Å². The first kappa shape index (κ1) is 14.2. The van der Waals surface area contributed by atoms with Crippen LogP contribution in [0.2, 0.25) is 0 Å². The summed E-state index contributed by atoms with van der Waals surface area (Å²) in [7, 11) is 1.58. The fourth-order valence-electron chi connectivity index (χ4n) is 2.31. The molecule has 0 bridgehead atoms. The molecule has 2 N–H and O–H groups in total. The van der Waals surface area contributed by atoms with Gasteiger partial charge in [-0.25, -0.2) is 0 Å². The van der Waals surface area contributed by atoms with Gasteiger partial charge in [0.05, 0.1) is 13.5 Å². The Hall–Kier alpha value is -2.20. The van der Waals surface area contributed by atoms with Gasteiger partial charge in [-0.2, -0.15) is 0 Å². The maximum atomic E-state index is 11.1. The Morgan fingerprint density at radius 2 is 1.95 bits per heavy atom. The van der Waals surface area contributed by atoms with E-state index in [1.54, 1.807) is 7.11 Å². The second kappa shape index (κ2) is 5.43. The maximum absolute atomic E-state index is 11.1. The van der Waals surface area contributed by atoms with Gasteiger partial charge in [0.1, 0.15) is 16.9 Å². The van der Waals surface area contributed by atoms with E-state index in [0.29, 0.717) is 5.75 Å². The molecule has 3 aromatic rings. The molecule has 0 saturated heterocycles. The van der Waals surface area contributed by atoms with Gasteiger partial charge in [0.15, 0.2) is 0 Å². The standard InChI is InChI=1S/C15H13NO3.ClH/c1-18-13-8-11-10-4-2-3-5-12(10)19-14(11)6-9(13)7-15(16)17;/h2-6,8H,7H2,1H3,(H2,16,17);1H. The third-order valence-electron chi connectivity index (χ3n) is 3.14. The lowest BCUT2D eigenvalue weighted by Crippen LogP contribution is -2.14. The minimum Gasteiger partial charge on any atom is -0.496 e. The van der Waals surface area contributed by atoms with E-state index in [-0.39, 0.29) is 18.8 Å². The van der Waals surface area contributed by atoms with E-state index in [2.05, 4.69) is 0 Å². The highest BCUT2D eigenvalue weighted by molar-refractivity contribution is 6.05. The SMILES string of the molecule is COc1cc2c(cc1CC(N)=O)oc1ccccc12.Cl. The van der Waals surface area contributed by atoms with Crippen LogP contribution in [-0.2, 0) is 11.2 Å². The zero-order chi connectivity index (χ0) is 13.4. The molecule has 5 heteroatoms. The zero-order valence-corrected chi connectivity index (χ0v) is 11.7. The van der Waals surface area contributed by atoms with Crippen molar-refractivity contribution in [2.45, 2.75) is 6.42 Å². The van der Waals surface area contributed by atoms with Crippen LogP contribution in [-0.4, -0.2) is 13.0 Å². The lowest BCUT2D eigenvalue weighted by Gasteiger charge is -2.06. The van der Waals surface area contributed by atoms with E-state index < -0.39 is 5.91 Å². The Bertz CT molecular complexity index is 779. The normalized spacial score (nSPS) is 10.4. The number of hydrogen-bond acceptors (Lipinski definition) is 3. The van der Waals surface area contributed by atoms with Crippen molar-refractivity contribution in [3.63, 3.8) is 0 Å². The molecule has 104 valence electrons. The van der Waals surface area contributed by atoms with E-state index in [9.17, 15) is 4.79 Å². The summed E-state index contributed by atoms with van der Waals surface area (Å²) < 4.78 is 11.1. The van der Waals surface area contributed by atoms with Gasteiger partial charge in [0, 0.05) is 16.3 Å². The number of fused-ring (bicyclic) bond motifs is 3. The van der Waals surface area contributed by atoms with E-state index in [1.165, 1.54) is 0 Å². The minimum atomic E-state index is -0.395. The quantitative estimate of drug-likeness (QED) is 0.806. The summed E-state index contributed by atoms with van der Waals surface area (Å²) in [5.74, 6) is 0.256. The maximum Gasteiger partial charge on any atom is 0.221 e. The first-order valence-electron chi connectivity index (χ1n) is 5.95. The monoisotopic (exact) mass is 291 g/mol. The van der Waals surface area contributed by atoms with E-state index in [0.717, 1.165) is 27.5 Å². The molecule has 0 radical (unpaired) electrons. The van der Waals surface area contributed by atoms with Gasteiger partial charge >= 0.3 is 0 Å². The number of methoxy groups -OCH3 is 1. The molecule has 0 saturated carbocycles. The van der Waals surface area contributed by atoms with Crippen molar-refractivity contribution in [2.24, 2.45) is 5.73 Å². The van der Waals surface area contributed by atoms with Gasteiger partial charge in [0.25, 0.3) is 0 Å². The lowest BCUT2D eigenvalue weighted by molar-refractivity contribution is -0.117. The molecule has 1 heterocycles. The van der Waals surface area contributed by atoms with Crippen LogP contribution in [0.25, 0.3) is 21.9 Å². The van der Waals surface area contributed by atoms with Crippen molar-refractivity contribution < 1.29 is 13.9 Å². The number of primary amides is 1. The highest BCUT2D eigenvalue weighted by Gasteiger charge is 2.13. The number of amides is 1. The second-order valence-corrected chi connectivity index (χ2v) is 4.40. The smallest absolute Gasteiger partial charge is 0.221 e. The highest BCUT2D eigenvalue weighted by Crippen LogP contribution is 2.33. The number of rotatable bonds is 3. The van der Waals surface area contributed by atoms with Crippen molar-refractivity contribution in [3.8, 4) is 5.75 Å². The number of ether oxygens (including phenoxy) is 1. The summed E-state index contributed by atoms with van der Waals surface area (Å²) in [6, 6.07) is 11.5. The van der Waals surface area contributed by atoms with Crippen LogP contribution in [0.4, 0.5) is 0 Å². The molecule has 0 spiro atoms. The molecular weight excluding hydrogens is 278 g/mol. The van der Waals surface area contributed by atoms with Crippen LogP contribution in [0.5, 0.6) is 5.75 Å². The summed E-state index contributed by atoms with van der Waals surface area (Å²) in [5, 5.41) is 2.00. The molecule has 3 rings (SSSR count). The summed E-state index contributed by atoms with van der Waals surface area (Å²) in [5.41, 5.74) is 7.53. The molecule has 1 aromatic heterocycles. The molecule has 0 aliphatic carbocycles. The summed E-state index contributed by atoms with van der Waals surface area (Å²) in [6.07, 6.45) is 0.135. The van der Waals surface area contributed by atoms with Crippen LogP contribution in [0.3, 0.4) is 0 Å². The van der Waals surface area contributed by atoms with Crippen molar-refractivity contribution in [2.75, 3.05) is 7.11 Å². The van der Waals surface area contributed by atoms with Gasteiger partial charge in [-0.1, -0.05) is 18.2 Å². The van der Waals surface area contributed by atoms with Gasteiger partial charge in [0.2, 0.25) is 5.91 Å². The number of halogens is 1. The van der Waals surface area contributed by atoms with Gasteiger partial charge in [-0.3, -0.25) is 4.79 Å². The number of furan rings is 1. The molecule has 0 aliphatic rings. The van der Waals surface area contributed by atoms with Gasteiger partial charge in [-0.15, -0.1) is 12.4 Å². The highest BCUT2D eigenvalue weighted by atomic mass is 35.5. The Morgan fingerprint density at radius 1 is 1.20 bits per heavy atom. The first-order chi connectivity index (χ1) is 9.19. The van der Waals surface area contributed by atoms with Crippen molar-refractivity contribution in [1.29, 1.82) is 0 Å². The third-order valence-corrected chi connectivity index (χ3v) is 3.14. The van der Waals surface area contributed by atoms with E-state index in [4.69, 9.17) is 14.9 Å². The molecule has 0 atom stereocenters. The van der Waals surface area contributed by atoms with Crippen molar-refractivity contribution in [1.82, 2.24) is 0 Å². The Labute approximate surface area is 121 Å². The van der Waals surface area contributed by atoms with Gasteiger partial charge in [-0.05, 0) is 18.2 Å². The van der Waals surface area contributed by atoms with Crippen LogP contribution in [0.1, 0.15) is 5.56 Å². The number of nitrogens with two attached hydrogens (primary N) is 1.